The van der Waals surface area contributed by atoms with E-state index in [1.807, 2.05) is 6.07 Å². The lowest BCUT2D eigenvalue weighted by molar-refractivity contribution is 0.566. The second kappa shape index (κ2) is 15.3. The summed E-state index contributed by atoms with van der Waals surface area (Å²) in [7, 11) is 0. The molecular weight excluding hydrogens is 793 g/mol. The van der Waals surface area contributed by atoms with Crippen LogP contribution in [0.2, 0.25) is 0 Å². The van der Waals surface area contributed by atoms with E-state index in [2.05, 4.69) is 220 Å². The van der Waals surface area contributed by atoms with E-state index in [9.17, 15) is 0 Å². The highest BCUT2D eigenvalue weighted by molar-refractivity contribution is 6.25. The van der Waals surface area contributed by atoms with Crippen LogP contribution in [0, 0.1) is 11.8 Å². The van der Waals surface area contributed by atoms with Crippen LogP contribution in [0.4, 0.5) is 28.4 Å². The van der Waals surface area contributed by atoms with Crippen LogP contribution < -0.4 is 9.80 Å². The molecule has 0 aliphatic heterocycles. The van der Waals surface area contributed by atoms with Gasteiger partial charge in [0.15, 0.2) is 11.2 Å². The zero-order chi connectivity index (χ0) is 43.9. The zero-order valence-electron chi connectivity index (χ0n) is 37.5. The maximum atomic E-state index is 6.83. The minimum absolute atomic E-state index is 0.388. The van der Waals surface area contributed by atoms with E-state index in [-0.39, 0.29) is 0 Å². The van der Waals surface area contributed by atoms with Crippen molar-refractivity contribution in [1.82, 2.24) is 0 Å². The SMILES string of the molecule is CC(C)C1=CC=C(N(c2cc3c4ccccc4c(N(c4ccc(C(C)C)cc4)c4cccc5c4oc4ccccc45)cc3c3ccccc23)c2cccc3c2oc2ccccc23)CC1C. The fourth-order valence-electron chi connectivity index (χ4n) is 10.7. The fraction of sp³-hybridized carbons (Fsp3) is 0.148. The average Bonchev–Trinajstić information content (AvgIpc) is 3.92. The van der Waals surface area contributed by atoms with Gasteiger partial charge in [0.1, 0.15) is 11.2 Å². The van der Waals surface area contributed by atoms with E-state index in [4.69, 9.17) is 8.83 Å². The van der Waals surface area contributed by atoms with Crippen LogP contribution in [-0.2, 0) is 0 Å². The number of fused-ring (bicyclic) bond motifs is 11. The number of para-hydroxylation sites is 4. The summed E-state index contributed by atoms with van der Waals surface area (Å²) in [6.07, 6.45) is 5.64. The topological polar surface area (TPSA) is 32.8 Å². The summed E-state index contributed by atoms with van der Waals surface area (Å²) in [5.74, 6) is 1.28. The molecule has 1 aliphatic carbocycles. The van der Waals surface area contributed by atoms with E-state index in [1.54, 1.807) is 0 Å². The predicted octanol–water partition coefficient (Wildman–Crippen LogP) is 18.2. The summed E-state index contributed by atoms with van der Waals surface area (Å²) in [5.41, 5.74) is 12.9. The number of anilines is 5. The lowest BCUT2D eigenvalue weighted by atomic mass is 9.84. The number of rotatable bonds is 8. The molecule has 4 nitrogen and oxygen atoms in total. The molecule has 316 valence electrons. The van der Waals surface area contributed by atoms with Crippen molar-refractivity contribution in [2.24, 2.45) is 11.8 Å². The van der Waals surface area contributed by atoms with Crippen molar-refractivity contribution in [2.75, 3.05) is 9.80 Å². The Balaban J connectivity index is 1.16. The van der Waals surface area contributed by atoms with Crippen LogP contribution >= 0.6 is 0 Å². The minimum Gasteiger partial charge on any atom is -0.454 e. The van der Waals surface area contributed by atoms with Gasteiger partial charge >= 0.3 is 0 Å². The normalized spacial score (nSPS) is 14.5. The molecule has 0 amide bonds. The molecule has 1 aliphatic rings. The van der Waals surface area contributed by atoms with Crippen LogP contribution in [0.1, 0.15) is 52.5 Å². The van der Waals surface area contributed by atoms with Gasteiger partial charge in [-0.25, -0.2) is 0 Å². The molecule has 0 spiro atoms. The van der Waals surface area contributed by atoms with Crippen LogP contribution in [0.5, 0.6) is 0 Å². The smallest absolute Gasteiger partial charge is 0.159 e. The third kappa shape index (κ3) is 6.26. The van der Waals surface area contributed by atoms with Crippen LogP contribution in [0.3, 0.4) is 0 Å². The van der Waals surface area contributed by atoms with E-state index in [1.165, 1.54) is 43.8 Å². The molecule has 0 saturated carbocycles. The van der Waals surface area contributed by atoms with Gasteiger partial charge in [-0.05, 0) is 106 Å². The molecule has 2 heterocycles. The van der Waals surface area contributed by atoms with Gasteiger partial charge < -0.3 is 18.6 Å². The number of allylic oxidation sites excluding steroid dienone is 4. The summed E-state index contributed by atoms with van der Waals surface area (Å²) in [6.45, 7) is 11.5. The predicted molar refractivity (Wildman–Crippen MR) is 276 cm³/mol. The first-order valence-corrected chi connectivity index (χ1v) is 23.1. The second-order valence-corrected chi connectivity index (χ2v) is 18.5. The summed E-state index contributed by atoms with van der Waals surface area (Å²) in [4.78, 5) is 4.92. The molecule has 0 fully saturated rings. The molecule has 9 aromatic carbocycles. The third-order valence-electron chi connectivity index (χ3n) is 13.9. The molecule has 4 heteroatoms. The Kier molecular flexibility index (Phi) is 9.20. The van der Waals surface area contributed by atoms with Crippen molar-refractivity contribution in [2.45, 2.75) is 47.0 Å². The Labute approximate surface area is 379 Å². The summed E-state index contributed by atoms with van der Waals surface area (Å²) >= 11 is 0. The van der Waals surface area contributed by atoms with Gasteiger partial charge in [0, 0.05) is 43.7 Å². The Bertz CT molecular complexity index is 3730. The van der Waals surface area contributed by atoms with Gasteiger partial charge in [-0.15, -0.1) is 0 Å². The number of furan rings is 2. The van der Waals surface area contributed by atoms with Gasteiger partial charge in [0.2, 0.25) is 0 Å². The molecule has 2 aromatic heterocycles. The van der Waals surface area contributed by atoms with Crippen molar-refractivity contribution in [3.05, 3.63) is 199 Å². The quantitative estimate of drug-likeness (QED) is 0.143. The Hall–Kier alpha value is -7.56. The Morgan fingerprint density at radius 1 is 0.415 bits per heavy atom. The molecule has 0 N–H and O–H groups in total. The second-order valence-electron chi connectivity index (χ2n) is 18.5. The van der Waals surface area contributed by atoms with Crippen LogP contribution in [0.15, 0.2) is 202 Å². The molecular formula is C61H50N2O2. The molecule has 11 aromatic rings. The van der Waals surface area contributed by atoms with Gasteiger partial charge in [-0.1, -0.05) is 168 Å². The van der Waals surface area contributed by atoms with Crippen LogP contribution in [-0.4, -0.2) is 0 Å². The Morgan fingerprint density at radius 3 is 1.38 bits per heavy atom. The molecule has 0 radical (unpaired) electrons. The molecule has 0 saturated heterocycles. The van der Waals surface area contributed by atoms with Crippen molar-refractivity contribution < 1.29 is 8.83 Å². The summed E-state index contributed by atoms with van der Waals surface area (Å²) < 4.78 is 13.6. The first-order valence-electron chi connectivity index (χ1n) is 23.1. The van der Waals surface area contributed by atoms with Gasteiger partial charge in [-0.2, -0.15) is 0 Å². The van der Waals surface area contributed by atoms with E-state index < -0.39 is 0 Å². The van der Waals surface area contributed by atoms with Gasteiger partial charge in [0.05, 0.1) is 22.7 Å². The molecule has 65 heavy (non-hydrogen) atoms. The van der Waals surface area contributed by atoms with Crippen LogP contribution in [0.25, 0.3) is 76.2 Å². The highest BCUT2D eigenvalue weighted by Crippen LogP contribution is 2.51. The highest BCUT2D eigenvalue weighted by Gasteiger charge is 2.29. The maximum absolute atomic E-state index is 6.83. The van der Waals surface area contributed by atoms with E-state index >= 15 is 0 Å². The molecule has 0 bridgehead atoms. The highest BCUT2D eigenvalue weighted by atomic mass is 16.3. The number of nitrogens with zero attached hydrogens (tertiary/aromatic N) is 2. The lowest BCUT2D eigenvalue weighted by Crippen LogP contribution is -2.22. The Morgan fingerprint density at radius 2 is 0.877 bits per heavy atom. The van der Waals surface area contributed by atoms with Crippen molar-refractivity contribution >= 4 is 105 Å². The molecule has 12 rings (SSSR count). The first-order chi connectivity index (χ1) is 31.8. The summed E-state index contributed by atoms with van der Waals surface area (Å²) in [6, 6.07) is 61.8. The largest absolute Gasteiger partial charge is 0.454 e. The third-order valence-corrected chi connectivity index (χ3v) is 13.9. The van der Waals surface area contributed by atoms with Gasteiger partial charge in [0.25, 0.3) is 0 Å². The molecule has 1 unspecified atom stereocenters. The summed E-state index contributed by atoms with van der Waals surface area (Å²) in [5, 5.41) is 11.5. The minimum atomic E-state index is 0.388. The first kappa shape index (κ1) is 39.1. The number of hydrogen-bond acceptors (Lipinski definition) is 4. The zero-order valence-corrected chi connectivity index (χ0v) is 37.5. The van der Waals surface area contributed by atoms with Crippen molar-refractivity contribution in [3.63, 3.8) is 0 Å². The monoisotopic (exact) mass is 842 g/mol. The standard InChI is InChI=1S/C61H50N2O2/c1-37(2)40-28-30-41(31-29-40)62(54-24-14-22-50-48-20-10-12-26-58(48)64-60(50)54)56-35-52-45-17-7-9-19-47(45)57(36-53(52)44-16-6-8-18-46(44)56)63(42-32-33-43(38(3)4)39(5)34-42)55-25-15-23-51-49-21-11-13-27-59(49)65-61(51)55/h6-33,35-39H,34H2,1-5H3. The van der Waals surface area contributed by atoms with Crippen molar-refractivity contribution in [1.29, 1.82) is 0 Å². The van der Waals surface area contributed by atoms with E-state index in [0.29, 0.717) is 17.8 Å². The van der Waals surface area contributed by atoms with Gasteiger partial charge in [-0.3, -0.25) is 0 Å². The number of hydrogen-bond donors (Lipinski definition) is 0. The van der Waals surface area contributed by atoms with E-state index in [0.717, 1.165) is 84.1 Å². The average molecular weight is 843 g/mol. The fourth-order valence-corrected chi connectivity index (χ4v) is 10.7. The maximum Gasteiger partial charge on any atom is 0.159 e. The lowest BCUT2D eigenvalue weighted by Gasteiger charge is -2.34. The molecule has 1 atom stereocenters. The van der Waals surface area contributed by atoms with Crippen molar-refractivity contribution in [3.8, 4) is 0 Å². The number of benzene rings is 9.